The van der Waals surface area contributed by atoms with E-state index in [0.717, 1.165) is 16.8 Å². The van der Waals surface area contributed by atoms with Gasteiger partial charge in [-0.1, -0.05) is 47.5 Å². The van der Waals surface area contributed by atoms with E-state index in [-0.39, 0.29) is 5.75 Å². The minimum absolute atomic E-state index is 0.134. The van der Waals surface area contributed by atoms with Gasteiger partial charge in [0.05, 0.1) is 5.69 Å². The number of hydrogen-bond acceptors (Lipinski definition) is 2. The number of benzene rings is 2. The summed E-state index contributed by atoms with van der Waals surface area (Å²) in [5, 5.41) is 11.4. The van der Waals surface area contributed by atoms with E-state index in [9.17, 15) is 5.11 Å². The van der Waals surface area contributed by atoms with Crippen molar-refractivity contribution in [1.82, 2.24) is 4.98 Å². The van der Waals surface area contributed by atoms with Crippen LogP contribution < -0.4 is 0 Å². The Balaban J connectivity index is 2.07. The normalized spacial score (nSPS) is 10.6. The molecule has 2 nitrogen and oxygen atoms in total. The first kappa shape index (κ1) is 13.9. The summed E-state index contributed by atoms with van der Waals surface area (Å²) in [5.41, 5.74) is 3.05. The maximum Gasteiger partial charge on any atom is 0.141 e. The van der Waals surface area contributed by atoms with E-state index in [4.69, 9.17) is 23.2 Å². The summed E-state index contributed by atoms with van der Waals surface area (Å²) < 4.78 is 0. The molecule has 1 N–H and O–H groups in total. The molecule has 0 aliphatic carbocycles. The zero-order valence-corrected chi connectivity index (χ0v) is 12.4. The van der Waals surface area contributed by atoms with E-state index in [2.05, 4.69) is 4.98 Å². The molecule has 0 amide bonds. The molecular weight excluding hydrogens is 305 g/mol. The number of pyridine rings is 1. The lowest BCUT2D eigenvalue weighted by Crippen LogP contribution is -1.89. The second-order valence-corrected chi connectivity index (χ2v) is 5.45. The standard InChI is InChI=1S/C17H11Cl2NO/c18-13-5-1-11(2-6-13)15-9-10-16(21)17(20-15)12-3-7-14(19)8-4-12/h1-10,21H. The fraction of sp³-hybridized carbons (Fsp3) is 0. The Morgan fingerprint density at radius 1 is 0.667 bits per heavy atom. The van der Waals surface area contributed by atoms with Crippen molar-refractivity contribution in [1.29, 1.82) is 0 Å². The minimum Gasteiger partial charge on any atom is -0.506 e. The van der Waals surface area contributed by atoms with E-state index in [1.165, 1.54) is 0 Å². The van der Waals surface area contributed by atoms with E-state index >= 15 is 0 Å². The van der Waals surface area contributed by atoms with Gasteiger partial charge in [-0.3, -0.25) is 0 Å². The summed E-state index contributed by atoms with van der Waals surface area (Å²) in [4.78, 5) is 4.54. The van der Waals surface area contributed by atoms with Crippen LogP contribution in [0.5, 0.6) is 5.75 Å². The lowest BCUT2D eigenvalue weighted by atomic mass is 10.1. The first-order valence-electron chi connectivity index (χ1n) is 6.35. The maximum absolute atomic E-state index is 10.0. The molecule has 0 saturated heterocycles. The zero-order chi connectivity index (χ0) is 14.8. The topological polar surface area (TPSA) is 33.1 Å². The SMILES string of the molecule is Oc1ccc(-c2ccc(Cl)cc2)nc1-c1ccc(Cl)cc1. The molecule has 0 bridgehead atoms. The molecule has 0 saturated carbocycles. The highest BCUT2D eigenvalue weighted by Crippen LogP contribution is 2.31. The van der Waals surface area contributed by atoms with Gasteiger partial charge in [-0.2, -0.15) is 0 Å². The number of aromatic hydroxyl groups is 1. The second kappa shape index (κ2) is 5.76. The maximum atomic E-state index is 10.0. The van der Waals surface area contributed by atoms with E-state index in [1.54, 1.807) is 24.3 Å². The Kier molecular flexibility index (Phi) is 3.82. The van der Waals surface area contributed by atoms with Crippen LogP contribution in [0.3, 0.4) is 0 Å². The van der Waals surface area contributed by atoms with Crippen LogP contribution in [0.25, 0.3) is 22.5 Å². The molecular formula is C17H11Cl2NO. The van der Waals surface area contributed by atoms with E-state index < -0.39 is 0 Å². The van der Waals surface area contributed by atoms with Crippen LogP contribution in [0, 0.1) is 0 Å². The number of hydrogen-bond donors (Lipinski definition) is 1. The number of rotatable bonds is 2. The zero-order valence-electron chi connectivity index (χ0n) is 10.9. The summed E-state index contributed by atoms with van der Waals surface area (Å²) in [6, 6.07) is 18.0. The lowest BCUT2D eigenvalue weighted by Gasteiger charge is -2.08. The van der Waals surface area contributed by atoms with Crippen molar-refractivity contribution < 1.29 is 5.11 Å². The summed E-state index contributed by atoms with van der Waals surface area (Å²) in [6.45, 7) is 0. The first-order chi connectivity index (χ1) is 10.1. The van der Waals surface area contributed by atoms with Gasteiger partial charge in [0.1, 0.15) is 11.4 Å². The smallest absolute Gasteiger partial charge is 0.141 e. The van der Waals surface area contributed by atoms with Crippen molar-refractivity contribution in [3.05, 3.63) is 70.7 Å². The monoisotopic (exact) mass is 315 g/mol. The van der Waals surface area contributed by atoms with Gasteiger partial charge in [-0.25, -0.2) is 4.98 Å². The van der Waals surface area contributed by atoms with Gasteiger partial charge < -0.3 is 5.11 Å². The van der Waals surface area contributed by atoms with Crippen molar-refractivity contribution in [2.75, 3.05) is 0 Å². The number of aromatic nitrogens is 1. The van der Waals surface area contributed by atoms with Crippen molar-refractivity contribution in [3.8, 4) is 28.3 Å². The molecule has 21 heavy (non-hydrogen) atoms. The quantitative estimate of drug-likeness (QED) is 0.684. The molecule has 0 aliphatic heterocycles. The fourth-order valence-corrected chi connectivity index (χ4v) is 2.31. The van der Waals surface area contributed by atoms with Crippen molar-refractivity contribution in [3.63, 3.8) is 0 Å². The molecule has 3 aromatic rings. The second-order valence-electron chi connectivity index (χ2n) is 4.58. The van der Waals surface area contributed by atoms with Gasteiger partial charge in [0, 0.05) is 21.2 Å². The van der Waals surface area contributed by atoms with Gasteiger partial charge in [0.25, 0.3) is 0 Å². The predicted octanol–water partition coefficient (Wildman–Crippen LogP) is 5.43. The van der Waals surface area contributed by atoms with E-state index in [1.807, 2.05) is 36.4 Å². The third-order valence-corrected chi connectivity index (χ3v) is 3.64. The Labute approximate surface area is 132 Å². The van der Waals surface area contributed by atoms with Crippen molar-refractivity contribution >= 4 is 23.2 Å². The Hall–Kier alpha value is -2.03. The molecule has 0 atom stereocenters. The Morgan fingerprint density at radius 3 is 1.76 bits per heavy atom. The summed E-state index contributed by atoms with van der Waals surface area (Å²) in [7, 11) is 0. The molecule has 0 unspecified atom stereocenters. The summed E-state index contributed by atoms with van der Waals surface area (Å²) in [5.74, 6) is 0.134. The van der Waals surface area contributed by atoms with Crippen LogP contribution >= 0.6 is 23.2 Å². The number of halogens is 2. The minimum atomic E-state index is 0.134. The molecule has 104 valence electrons. The average Bonchev–Trinajstić information content (AvgIpc) is 2.50. The molecule has 0 radical (unpaired) electrons. The first-order valence-corrected chi connectivity index (χ1v) is 7.11. The van der Waals surface area contributed by atoms with Gasteiger partial charge in [0.15, 0.2) is 0 Å². The predicted molar refractivity (Wildman–Crippen MR) is 86.8 cm³/mol. The highest BCUT2D eigenvalue weighted by Gasteiger charge is 2.09. The van der Waals surface area contributed by atoms with E-state index in [0.29, 0.717) is 15.7 Å². The highest BCUT2D eigenvalue weighted by atomic mass is 35.5. The average molecular weight is 316 g/mol. The van der Waals surface area contributed by atoms with Crippen molar-refractivity contribution in [2.45, 2.75) is 0 Å². The third kappa shape index (κ3) is 3.02. The Morgan fingerprint density at radius 2 is 1.19 bits per heavy atom. The Bertz CT molecular complexity index is 768. The van der Waals surface area contributed by atoms with Gasteiger partial charge in [-0.15, -0.1) is 0 Å². The van der Waals surface area contributed by atoms with Crippen molar-refractivity contribution in [2.24, 2.45) is 0 Å². The van der Waals surface area contributed by atoms with Crippen LogP contribution in [-0.4, -0.2) is 10.1 Å². The molecule has 3 rings (SSSR count). The summed E-state index contributed by atoms with van der Waals surface area (Å²) in [6.07, 6.45) is 0. The van der Waals surface area contributed by atoms with Gasteiger partial charge >= 0.3 is 0 Å². The van der Waals surface area contributed by atoms with Crippen LogP contribution in [0.4, 0.5) is 0 Å². The van der Waals surface area contributed by atoms with Crippen LogP contribution in [0.2, 0.25) is 10.0 Å². The van der Waals surface area contributed by atoms with Crippen LogP contribution in [0.1, 0.15) is 0 Å². The van der Waals surface area contributed by atoms with Crippen LogP contribution in [0.15, 0.2) is 60.7 Å². The van der Waals surface area contributed by atoms with Gasteiger partial charge in [-0.05, 0) is 36.4 Å². The molecule has 2 aromatic carbocycles. The largest absolute Gasteiger partial charge is 0.506 e. The summed E-state index contributed by atoms with van der Waals surface area (Å²) >= 11 is 11.8. The molecule has 0 spiro atoms. The molecule has 0 fully saturated rings. The van der Waals surface area contributed by atoms with Gasteiger partial charge in [0.2, 0.25) is 0 Å². The highest BCUT2D eigenvalue weighted by molar-refractivity contribution is 6.30. The molecule has 4 heteroatoms. The van der Waals surface area contributed by atoms with Crippen LogP contribution in [-0.2, 0) is 0 Å². The fourth-order valence-electron chi connectivity index (χ4n) is 2.05. The lowest BCUT2D eigenvalue weighted by molar-refractivity contribution is 0.475. The molecule has 0 aliphatic rings. The number of nitrogens with zero attached hydrogens (tertiary/aromatic N) is 1. The molecule has 1 aromatic heterocycles. The third-order valence-electron chi connectivity index (χ3n) is 3.13. The molecule has 1 heterocycles.